The summed E-state index contributed by atoms with van der Waals surface area (Å²) in [6, 6.07) is 64.3. The number of para-hydroxylation sites is 1. The number of furan rings is 1. The Balaban J connectivity index is 1.08. The number of fused-ring (bicyclic) bond motifs is 11. The molecule has 0 fully saturated rings. The van der Waals surface area contributed by atoms with Crippen LogP contribution in [0.5, 0.6) is 0 Å². The SMILES string of the molecule is CC1(C)c2ccccc2-c2ccc(N(c3ccc(-c4cc5ccc6ccccc6c5c5ccccc45)cc3)c3ccc4c(c3)oc3ccccc34)cc21. The van der Waals surface area contributed by atoms with E-state index >= 15 is 0 Å². The van der Waals surface area contributed by atoms with E-state index in [2.05, 4.69) is 183 Å². The van der Waals surface area contributed by atoms with Crippen molar-refractivity contribution in [2.45, 2.75) is 19.3 Å². The van der Waals surface area contributed by atoms with Crippen molar-refractivity contribution in [3.05, 3.63) is 187 Å². The summed E-state index contributed by atoms with van der Waals surface area (Å²) < 4.78 is 6.42. The maximum Gasteiger partial charge on any atom is 0.137 e. The topological polar surface area (TPSA) is 16.4 Å². The molecule has 0 saturated heterocycles. The lowest BCUT2D eigenvalue weighted by Crippen LogP contribution is -2.16. The van der Waals surface area contributed by atoms with Crippen molar-refractivity contribution >= 4 is 71.3 Å². The lowest BCUT2D eigenvalue weighted by atomic mass is 9.82. The predicted octanol–water partition coefficient (Wildman–Crippen LogP) is 14.5. The Kier molecular flexibility index (Phi) is 6.33. The van der Waals surface area contributed by atoms with E-state index in [1.54, 1.807) is 0 Å². The Morgan fingerprint density at radius 1 is 0.396 bits per heavy atom. The number of hydrogen-bond acceptors (Lipinski definition) is 2. The van der Waals surface area contributed by atoms with Crippen LogP contribution in [0.15, 0.2) is 180 Å². The highest BCUT2D eigenvalue weighted by molar-refractivity contribution is 6.23. The van der Waals surface area contributed by atoms with Crippen molar-refractivity contribution in [2.24, 2.45) is 0 Å². The zero-order valence-corrected chi connectivity index (χ0v) is 29.6. The van der Waals surface area contributed by atoms with Crippen LogP contribution in [0.25, 0.3) is 76.5 Å². The average Bonchev–Trinajstić information content (AvgIpc) is 3.69. The van der Waals surface area contributed by atoms with Gasteiger partial charge < -0.3 is 9.32 Å². The van der Waals surface area contributed by atoms with Crippen molar-refractivity contribution in [1.82, 2.24) is 0 Å². The molecule has 1 aromatic heterocycles. The smallest absolute Gasteiger partial charge is 0.137 e. The van der Waals surface area contributed by atoms with Gasteiger partial charge in [-0.25, -0.2) is 0 Å². The fraction of sp³-hybridized carbons (Fsp3) is 0.0588. The van der Waals surface area contributed by atoms with Gasteiger partial charge in [-0.15, -0.1) is 0 Å². The van der Waals surface area contributed by atoms with Gasteiger partial charge in [-0.3, -0.25) is 0 Å². The molecular weight excluding hydrogens is 643 g/mol. The van der Waals surface area contributed by atoms with Gasteiger partial charge in [-0.2, -0.15) is 0 Å². The van der Waals surface area contributed by atoms with Gasteiger partial charge in [0.2, 0.25) is 0 Å². The fourth-order valence-corrected chi connectivity index (χ4v) is 9.04. The van der Waals surface area contributed by atoms with Gasteiger partial charge in [0.1, 0.15) is 11.2 Å². The summed E-state index contributed by atoms with van der Waals surface area (Å²) in [5.74, 6) is 0. The van der Waals surface area contributed by atoms with Crippen LogP contribution in [0.2, 0.25) is 0 Å². The summed E-state index contributed by atoms with van der Waals surface area (Å²) in [5.41, 5.74) is 12.7. The van der Waals surface area contributed by atoms with Crippen LogP contribution in [-0.2, 0) is 5.41 Å². The van der Waals surface area contributed by atoms with Crippen molar-refractivity contribution in [3.8, 4) is 22.3 Å². The van der Waals surface area contributed by atoms with E-state index in [1.807, 2.05) is 12.1 Å². The Bertz CT molecular complexity index is 3090. The molecule has 53 heavy (non-hydrogen) atoms. The number of nitrogens with zero attached hydrogens (tertiary/aromatic N) is 1. The van der Waals surface area contributed by atoms with Gasteiger partial charge in [0.15, 0.2) is 0 Å². The Morgan fingerprint density at radius 3 is 1.89 bits per heavy atom. The molecule has 1 aliphatic rings. The number of rotatable bonds is 4. The second kappa shape index (κ2) is 11.2. The third kappa shape index (κ3) is 4.45. The number of benzene rings is 9. The minimum Gasteiger partial charge on any atom is -0.456 e. The monoisotopic (exact) mass is 677 g/mol. The molecule has 2 heteroatoms. The normalized spacial score (nSPS) is 13.2. The first-order valence-electron chi connectivity index (χ1n) is 18.4. The third-order valence-electron chi connectivity index (χ3n) is 11.6. The van der Waals surface area contributed by atoms with E-state index in [0.29, 0.717) is 0 Å². The van der Waals surface area contributed by atoms with Crippen LogP contribution in [0.1, 0.15) is 25.0 Å². The lowest BCUT2D eigenvalue weighted by Gasteiger charge is -2.28. The van der Waals surface area contributed by atoms with Crippen molar-refractivity contribution < 1.29 is 4.42 Å². The molecule has 250 valence electrons. The molecule has 0 unspecified atom stereocenters. The van der Waals surface area contributed by atoms with Gasteiger partial charge in [0, 0.05) is 39.3 Å². The molecule has 0 atom stereocenters. The second-order valence-corrected chi connectivity index (χ2v) is 14.9. The first-order valence-corrected chi connectivity index (χ1v) is 18.4. The van der Waals surface area contributed by atoms with E-state index in [4.69, 9.17) is 4.42 Å². The van der Waals surface area contributed by atoms with Crippen LogP contribution in [0.3, 0.4) is 0 Å². The van der Waals surface area contributed by atoms with Gasteiger partial charge >= 0.3 is 0 Å². The zero-order valence-electron chi connectivity index (χ0n) is 29.6. The van der Waals surface area contributed by atoms with Crippen molar-refractivity contribution in [3.63, 3.8) is 0 Å². The summed E-state index contributed by atoms with van der Waals surface area (Å²) in [7, 11) is 0. The predicted molar refractivity (Wildman–Crippen MR) is 224 cm³/mol. The van der Waals surface area contributed by atoms with E-state index < -0.39 is 0 Å². The summed E-state index contributed by atoms with van der Waals surface area (Å²) in [6.07, 6.45) is 0. The summed E-state index contributed by atoms with van der Waals surface area (Å²) in [5, 5.41) is 9.93. The quantitative estimate of drug-likeness (QED) is 0.172. The molecule has 1 aliphatic carbocycles. The third-order valence-corrected chi connectivity index (χ3v) is 11.6. The maximum absolute atomic E-state index is 6.42. The average molecular weight is 678 g/mol. The van der Waals surface area contributed by atoms with Gasteiger partial charge in [-0.1, -0.05) is 135 Å². The Labute approximate surface area is 308 Å². The lowest BCUT2D eigenvalue weighted by molar-refractivity contribution is 0.660. The van der Waals surface area contributed by atoms with Gasteiger partial charge in [0.25, 0.3) is 0 Å². The van der Waals surface area contributed by atoms with E-state index in [-0.39, 0.29) is 5.41 Å². The van der Waals surface area contributed by atoms with Crippen LogP contribution in [0.4, 0.5) is 17.1 Å². The summed E-state index contributed by atoms with van der Waals surface area (Å²) >= 11 is 0. The van der Waals surface area contributed by atoms with E-state index in [1.165, 1.54) is 65.7 Å². The molecule has 0 amide bonds. The van der Waals surface area contributed by atoms with E-state index in [9.17, 15) is 0 Å². The molecule has 2 nitrogen and oxygen atoms in total. The number of anilines is 3. The molecule has 0 N–H and O–H groups in total. The fourth-order valence-electron chi connectivity index (χ4n) is 9.04. The van der Waals surface area contributed by atoms with Crippen LogP contribution >= 0.6 is 0 Å². The highest BCUT2D eigenvalue weighted by Gasteiger charge is 2.35. The molecule has 0 spiro atoms. The van der Waals surface area contributed by atoms with Crippen LogP contribution in [0, 0.1) is 0 Å². The first kappa shape index (κ1) is 30.0. The highest BCUT2D eigenvalue weighted by atomic mass is 16.3. The molecule has 0 aliphatic heterocycles. The second-order valence-electron chi connectivity index (χ2n) is 14.9. The molecule has 1 heterocycles. The Morgan fingerprint density at radius 2 is 1.02 bits per heavy atom. The van der Waals surface area contributed by atoms with Crippen LogP contribution < -0.4 is 4.90 Å². The van der Waals surface area contributed by atoms with Crippen molar-refractivity contribution in [2.75, 3.05) is 4.90 Å². The summed E-state index contributed by atoms with van der Waals surface area (Å²) in [4.78, 5) is 2.38. The van der Waals surface area contributed by atoms with Crippen LogP contribution in [-0.4, -0.2) is 0 Å². The standard InChI is InChI=1S/C51H35NO/c1-51(2)46-17-9-7-14-40(46)41-27-25-36(30-47(41)51)52(37-26-28-43-42-15-8-10-18-48(42)53-49(43)31-37)35-23-21-33(22-24-35)45-29-34-20-19-32-11-3-4-12-38(32)50(34)44-16-6-5-13-39(44)45/h3-31H,1-2H3. The first-order chi connectivity index (χ1) is 26.0. The van der Waals surface area contributed by atoms with Gasteiger partial charge in [0.05, 0.1) is 0 Å². The molecule has 10 aromatic rings. The Hall–Kier alpha value is -6.64. The zero-order chi connectivity index (χ0) is 35.3. The van der Waals surface area contributed by atoms with Gasteiger partial charge in [-0.05, 0) is 114 Å². The molecule has 9 aromatic carbocycles. The van der Waals surface area contributed by atoms with E-state index in [0.717, 1.165) is 39.0 Å². The molecule has 0 radical (unpaired) electrons. The van der Waals surface area contributed by atoms with Crippen molar-refractivity contribution in [1.29, 1.82) is 0 Å². The molecular formula is C51H35NO. The highest BCUT2D eigenvalue weighted by Crippen LogP contribution is 2.51. The minimum atomic E-state index is -0.109. The molecule has 0 bridgehead atoms. The molecule has 11 rings (SSSR count). The molecule has 0 saturated carbocycles. The summed E-state index contributed by atoms with van der Waals surface area (Å²) in [6.45, 7) is 4.69. The largest absolute Gasteiger partial charge is 0.456 e. The number of hydrogen-bond donors (Lipinski definition) is 0. The minimum absolute atomic E-state index is 0.109. The maximum atomic E-state index is 6.42.